The molecule has 1 aliphatic heterocycles. The van der Waals surface area contributed by atoms with Crippen molar-refractivity contribution in [3.63, 3.8) is 0 Å². The number of rotatable bonds is 4. The van der Waals surface area contributed by atoms with E-state index in [1.165, 1.54) is 6.07 Å². The Hall–Kier alpha value is -2.22. The van der Waals surface area contributed by atoms with Gasteiger partial charge in [0.15, 0.2) is 0 Å². The predicted molar refractivity (Wildman–Crippen MR) is 65.5 cm³/mol. The minimum atomic E-state index is -1.34. The first-order chi connectivity index (χ1) is 9.00. The number of carbonyl (C=O) groups is 1. The van der Waals surface area contributed by atoms with E-state index in [2.05, 4.69) is 4.98 Å². The zero-order chi connectivity index (χ0) is 14.0. The summed E-state index contributed by atoms with van der Waals surface area (Å²) in [4.78, 5) is 26.8. The quantitative estimate of drug-likeness (QED) is 0.638. The Balaban J connectivity index is 2.34. The summed E-state index contributed by atoms with van der Waals surface area (Å²) in [6, 6.07) is 1.33. The van der Waals surface area contributed by atoms with Crippen molar-refractivity contribution in [2.45, 2.75) is 12.5 Å². The first-order valence-corrected chi connectivity index (χ1v) is 5.69. The molecule has 1 saturated heterocycles. The smallest absolute Gasteiger partial charge is 0.342 e. The number of carboxylic acids is 1. The van der Waals surface area contributed by atoms with Gasteiger partial charge in [0, 0.05) is 19.7 Å². The molecular formula is C11H13N3O5. The topological polar surface area (TPSA) is 106 Å². The van der Waals surface area contributed by atoms with Gasteiger partial charge in [0.25, 0.3) is 0 Å². The second-order valence-corrected chi connectivity index (χ2v) is 4.25. The number of anilines is 1. The molecule has 0 saturated carbocycles. The van der Waals surface area contributed by atoms with Gasteiger partial charge in [-0.15, -0.1) is 0 Å². The number of pyridine rings is 1. The number of ether oxygens (including phenoxy) is 1. The summed E-state index contributed by atoms with van der Waals surface area (Å²) in [6.45, 7) is 1.19. The summed E-state index contributed by atoms with van der Waals surface area (Å²) in [7, 11) is 1.76. The van der Waals surface area contributed by atoms with E-state index in [1.807, 2.05) is 0 Å². The van der Waals surface area contributed by atoms with E-state index < -0.39 is 16.6 Å². The third-order valence-electron chi connectivity index (χ3n) is 3.11. The zero-order valence-corrected chi connectivity index (χ0v) is 10.3. The number of hydrogen-bond acceptors (Lipinski definition) is 6. The maximum Gasteiger partial charge on any atom is 0.342 e. The second-order valence-electron chi connectivity index (χ2n) is 4.25. The zero-order valence-electron chi connectivity index (χ0n) is 10.3. The van der Waals surface area contributed by atoms with Crippen molar-refractivity contribution >= 4 is 17.5 Å². The molecule has 8 nitrogen and oxygen atoms in total. The highest BCUT2D eigenvalue weighted by molar-refractivity contribution is 5.93. The minimum absolute atomic E-state index is 0.107. The number of aromatic nitrogens is 1. The van der Waals surface area contributed by atoms with E-state index in [4.69, 9.17) is 9.84 Å². The number of aromatic carboxylic acids is 1. The van der Waals surface area contributed by atoms with Crippen molar-refractivity contribution in [1.82, 2.24) is 4.98 Å². The molecule has 0 radical (unpaired) electrons. The van der Waals surface area contributed by atoms with Gasteiger partial charge in [-0.05, 0) is 6.42 Å². The Morgan fingerprint density at radius 1 is 1.68 bits per heavy atom. The van der Waals surface area contributed by atoms with Crippen LogP contribution in [0.5, 0.6) is 0 Å². The van der Waals surface area contributed by atoms with Crippen LogP contribution in [0.25, 0.3) is 0 Å². The molecule has 8 heteroatoms. The fourth-order valence-corrected chi connectivity index (χ4v) is 1.96. The number of nitrogens with zero attached hydrogens (tertiary/aromatic N) is 3. The molecule has 0 aliphatic carbocycles. The maximum absolute atomic E-state index is 11.0. The van der Waals surface area contributed by atoms with Crippen LogP contribution >= 0.6 is 0 Å². The number of hydrogen-bond donors (Lipinski definition) is 1. The van der Waals surface area contributed by atoms with Crippen molar-refractivity contribution in [3.8, 4) is 0 Å². The summed E-state index contributed by atoms with van der Waals surface area (Å²) < 4.78 is 5.25. The molecule has 0 amide bonds. The van der Waals surface area contributed by atoms with Crippen molar-refractivity contribution < 1.29 is 19.6 Å². The van der Waals surface area contributed by atoms with Crippen LogP contribution in [0.1, 0.15) is 16.8 Å². The molecular weight excluding hydrogens is 254 g/mol. The maximum atomic E-state index is 11.0. The van der Waals surface area contributed by atoms with Crippen LogP contribution < -0.4 is 4.90 Å². The molecule has 1 atom stereocenters. The molecule has 0 aromatic carbocycles. The van der Waals surface area contributed by atoms with Gasteiger partial charge in [-0.25, -0.2) is 9.78 Å². The van der Waals surface area contributed by atoms with Gasteiger partial charge in [0.05, 0.1) is 17.6 Å². The summed E-state index contributed by atoms with van der Waals surface area (Å²) in [5.74, 6) is -0.954. The first-order valence-electron chi connectivity index (χ1n) is 5.69. The Morgan fingerprint density at radius 2 is 2.42 bits per heavy atom. The summed E-state index contributed by atoms with van der Waals surface area (Å²) in [5, 5.41) is 19.7. The SMILES string of the molecule is CN(c1cc(C(=O)O)c([N+](=O)[O-])cn1)C1CCOC1. The van der Waals surface area contributed by atoms with Crippen LogP contribution in [0.2, 0.25) is 0 Å². The van der Waals surface area contributed by atoms with Crippen LogP contribution in [0, 0.1) is 10.1 Å². The lowest BCUT2D eigenvalue weighted by Gasteiger charge is -2.24. The van der Waals surface area contributed by atoms with Gasteiger partial charge in [0.2, 0.25) is 0 Å². The fraction of sp³-hybridized carbons (Fsp3) is 0.455. The van der Waals surface area contributed by atoms with E-state index >= 15 is 0 Å². The lowest BCUT2D eigenvalue weighted by atomic mass is 10.2. The summed E-state index contributed by atoms with van der Waals surface area (Å²) in [6.07, 6.45) is 1.79. The molecule has 2 rings (SSSR count). The van der Waals surface area contributed by atoms with Crippen LogP contribution in [-0.2, 0) is 4.74 Å². The van der Waals surface area contributed by atoms with E-state index in [1.54, 1.807) is 11.9 Å². The monoisotopic (exact) mass is 267 g/mol. The van der Waals surface area contributed by atoms with Gasteiger partial charge < -0.3 is 14.7 Å². The van der Waals surface area contributed by atoms with Gasteiger partial charge in [-0.2, -0.15) is 0 Å². The largest absolute Gasteiger partial charge is 0.477 e. The van der Waals surface area contributed by atoms with Gasteiger partial charge in [-0.3, -0.25) is 10.1 Å². The van der Waals surface area contributed by atoms with Gasteiger partial charge in [0.1, 0.15) is 17.6 Å². The molecule has 1 aromatic heterocycles. The fourth-order valence-electron chi connectivity index (χ4n) is 1.96. The Kier molecular flexibility index (Phi) is 3.61. The molecule has 1 N–H and O–H groups in total. The minimum Gasteiger partial charge on any atom is -0.477 e. The Labute approximate surface area is 108 Å². The average molecular weight is 267 g/mol. The first kappa shape index (κ1) is 13.2. The molecule has 1 fully saturated rings. The van der Waals surface area contributed by atoms with E-state index in [9.17, 15) is 14.9 Å². The number of carboxylic acid groups (broad SMARTS) is 1. The highest BCUT2D eigenvalue weighted by atomic mass is 16.6. The Morgan fingerprint density at radius 3 is 2.95 bits per heavy atom. The molecule has 1 aromatic rings. The van der Waals surface area contributed by atoms with E-state index in [0.29, 0.717) is 19.0 Å². The van der Waals surface area contributed by atoms with Crippen LogP contribution in [-0.4, -0.2) is 47.3 Å². The van der Waals surface area contributed by atoms with Gasteiger partial charge in [-0.1, -0.05) is 0 Å². The average Bonchev–Trinajstić information content (AvgIpc) is 2.90. The highest BCUT2D eigenvalue weighted by Crippen LogP contribution is 2.24. The van der Waals surface area contributed by atoms with Crippen molar-refractivity contribution in [2.75, 3.05) is 25.2 Å². The normalized spacial score (nSPS) is 18.3. The second kappa shape index (κ2) is 5.19. The molecule has 102 valence electrons. The third-order valence-corrected chi connectivity index (χ3v) is 3.11. The molecule has 1 unspecified atom stereocenters. The van der Waals surface area contributed by atoms with Crippen LogP contribution in [0.4, 0.5) is 11.5 Å². The molecule has 1 aliphatic rings. The number of likely N-dealkylation sites (N-methyl/N-ethyl adjacent to an activating group) is 1. The van der Waals surface area contributed by atoms with E-state index in [-0.39, 0.29) is 11.6 Å². The third kappa shape index (κ3) is 2.63. The summed E-state index contributed by atoms with van der Waals surface area (Å²) in [5.41, 5.74) is -0.868. The van der Waals surface area contributed by atoms with Crippen molar-refractivity contribution in [1.29, 1.82) is 0 Å². The van der Waals surface area contributed by atoms with E-state index in [0.717, 1.165) is 12.6 Å². The summed E-state index contributed by atoms with van der Waals surface area (Å²) >= 11 is 0. The van der Waals surface area contributed by atoms with Crippen LogP contribution in [0.3, 0.4) is 0 Å². The Bertz CT molecular complexity index is 513. The highest BCUT2D eigenvalue weighted by Gasteiger charge is 2.25. The lowest BCUT2D eigenvalue weighted by molar-refractivity contribution is -0.385. The molecule has 2 heterocycles. The lowest BCUT2D eigenvalue weighted by Crippen LogP contribution is -2.32. The molecule has 0 spiro atoms. The number of nitro groups is 1. The van der Waals surface area contributed by atoms with Crippen molar-refractivity contribution in [3.05, 3.63) is 27.9 Å². The van der Waals surface area contributed by atoms with Crippen LogP contribution in [0.15, 0.2) is 12.3 Å². The molecule has 19 heavy (non-hydrogen) atoms. The van der Waals surface area contributed by atoms with Gasteiger partial charge >= 0.3 is 11.7 Å². The van der Waals surface area contributed by atoms with Crippen molar-refractivity contribution in [2.24, 2.45) is 0 Å². The molecule has 0 bridgehead atoms. The predicted octanol–water partition coefficient (Wildman–Crippen LogP) is 0.913. The standard InChI is InChI=1S/C11H13N3O5/c1-13(7-2-3-19-6-7)10-4-8(11(15)16)9(5-12-10)14(17)18/h4-5,7H,2-3,6H2,1H3,(H,15,16).